The van der Waals surface area contributed by atoms with Gasteiger partial charge in [0.15, 0.2) is 0 Å². The SMILES string of the molecule is CCOc1ccc(NC(=O)CNC(=O)[C@@H]2CC(=O)N(c3cc(C)ccc3OC)C2)cc1. The molecular formula is C23H27N3O5. The molecule has 8 nitrogen and oxygen atoms in total. The summed E-state index contributed by atoms with van der Waals surface area (Å²) in [6.45, 7) is 4.45. The molecule has 2 N–H and O–H groups in total. The van der Waals surface area contributed by atoms with Gasteiger partial charge in [0.05, 0.1) is 31.9 Å². The van der Waals surface area contributed by atoms with E-state index in [0.717, 1.165) is 11.3 Å². The number of hydrogen-bond donors (Lipinski definition) is 2. The van der Waals surface area contributed by atoms with Crippen molar-refractivity contribution >= 4 is 29.1 Å². The number of carbonyl (C=O) groups excluding carboxylic acids is 3. The maximum Gasteiger partial charge on any atom is 0.243 e. The smallest absolute Gasteiger partial charge is 0.243 e. The van der Waals surface area contributed by atoms with E-state index in [1.165, 1.54) is 0 Å². The fourth-order valence-electron chi connectivity index (χ4n) is 3.45. The molecule has 164 valence electrons. The number of benzene rings is 2. The van der Waals surface area contributed by atoms with Crippen LogP contribution < -0.4 is 25.0 Å². The van der Waals surface area contributed by atoms with Gasteiger partial charge in [-0.15, -0.1) is 0 Å². The highest BCUT2D eigenvalue weighted by Crippen LogP contribution is 2.33. The standard InChI is InChI=1S/C23H27N3O5/c1-4-31-18-8-6-17(7-9-18)25-21(27)13-24-23(29)16-12-22(28)26(14-16)19-11-15(2)5-10-20(19)30-3/h5-11,16H,4,12-14H2,1-3H3,(H,24,29)(H,25,27)/t16-/m1/s1. The van der Waals surface area contributed by atoms with Crippen molar-refractivity contribution in [1.82, 2.24) is 5.32 Å². The Kier molecular flexibility index (Phi) is 7.12. The summed E-state index contributed by atoms with van der Waals surface area (Å²) in [6.07, 6.45) is 0.0867. The molecule has 2 aromatic rings. The summed E-state index contributed by atoms with van der Waals surface area (Å²) >= 11 is 0. The van der Waals surface area contributed by atoms with Crippen LogP contribution in [0.15, 0.2) is 42.5 Å². The van der Waals surface area contributed by atoms with Crippen molar-refractivity contribution < 1.29 is 23.9 Å². The van der Waals surface area contributed by atoms with Crippen molar-refractivity contribution in [3.8, 4) is 11.5 Å². The summed E-state index contributed by atoms with van der Waals surface area (Å²) in [6, 6.07) is 12.5. The third-order valence-electron chi connectivity index (χ3n) is 4.99. The minimum Gasteiger partial charge on any atom is -0.495 e. The highest BCUT2D eigenvalue weighted by Gasteiger charge is 2.36. The van der Waals surface area contributed by atoms with Crippen LogP contribution in [0.3, 0.4) is 0 Å². The lowest BCUT2D eigenvalue weighted by Crippen LogP contribution is -2.38. The zero-order valence-electron chi connectivity index (χ0n) is 17.9. The second-order valence-corrected chi connectivity index (χ2v) is 7.30. The van der Waals surface area contributed by atoms with Gasteiger partial charge < -0.3 is 25.0 Å². The normalized spacial score (nSPS) is 15.5. The second kappa shape index (κ2) is 9.97. The Bertz CT molecular complexity index is 958. The Hall–Kier alpha value is -3.55. The van der Waals surface area contributed by atoms with Gasteiger partial charge in [-0.25, -0.2) is 0 Å². The van der Waals surface area contributed by atoms with Crippen LogP contribution in [0.5, 0.6) is 11.5 Å². The van der Waals surface area contributed by atoms with Crippen LogP contribution in [0.25, 0.3) is 0 Å². The lowest BCUT2D eigenvalue weighted by atomic mass is 10.1. The third kappa shape index (κ3) is 5.53. The lowest BCUT2D eigenvalue weighted by molar-refractivity contribution is -0.127. The van der Waals surface area contributed by atoms with E-state index in [9.17, 15) is 14.4 Å². The molecule has 1 saturated heterocycles. The molecule has 0 unspecified atom stereocenters. The van der Waals surface area contributed by atoms with Crippen molar-refractivity contribution in [2.24, 2.45) is 5.92 Å². The summed E-state index contributed by atoms with van der Waals surface area (Å²) in [5.41, 5.74) is 2.25. The number of nitrogens with zero attached hydrogens (tertiary/aromatic N) is 1. The zero-order chi connectivity index (χ0) is 22.4. The molecule has 31 heavy (non-hydrogen) atoms. The zero-order valence-corrected chi connectivity index (χ0v) is 17.9. The van der Waals surface area contributed by atoms with E-state index in [2.05, 4.69) is 10.6 Å². The molecule has 3 rings (SSSR count). The molecule has 1 atom stereocenters. The maximum atomic E-state index is 12.5. The number of amides is 3. The molecular weight excluding hydrogens is 398 g/mol. The van der Waals surface area contributed by atoms with E-state index in [4.69, 9.17) is 9.47 Å². The Morgan fingerprint density at radius 3 is 2.58 bits per heavy atom. The second-order valence-electron chi connectivity index (χ2n) is 7.30. The minimum absolute atomic E-state index is 0.0867. The number of nitrogens with one attached hydrogen (secondary N) is 2. The van der Waals surface area contributed by atoms with E-state index in [1.54, 1.807) is 42.3 Å². The largest absolute Gasteiger partial charge is 0.495 e. The average Bonchev–Trinajstić information content (AvgIpc) is 3.15. The van der Waals surface area contributed by atoms with Crippen LogP contribution in [0.2, 0.25) is 0 Å². The molecule has 0 aliphatic carbocycles. The predicted molar refractivity (Wildman–Crippen MR) is 117 cm³/mol. The van der Waals surface area contributed by atoms with Crippen LogP contribution in [0.4, 0.5) is 11.4 Å². The molecule has 2 aromatic carbocycles. The van der Waals surface area contributed by atoms with Gasteiger partial charge in [0.2, 0.25) is 17.7 Å². The first kappa shape index (κ1) is 22.1. The van der Waals surface area contributed by atoms with E-state index in [1.807, 2.05) is 26.0 Å². The number of hydrogen-bond acceptors (Lipinski definition) is 5. The first-order valence-electron chi connectivity index (χ1n) is 10.2. The lowest BCUT2D eigenvalue weighted by Gasteiger charge is -2.20. The molecule has 0 radical (unpaired) electrons. The van der Waals surface area contributed by atoms with Crippen LogP contribution in [0, 0.1) is 12.8 Å². The monoisotopic (exact) mass is 425 g/mol. The molecule has 0 aromatic heterocycles. The van der Waals surface area contributed by atoms with Gasteiger partial charge in [-0.3, -0.25) is 14.4 Å². The number of ether oxygens (including phenoxy) is 2. The summed E-state index contributed by atoms with van der Waals surface area (Å²) in [5, 5.41) is 5.34. The number of rotatable bonds is 8. The molecule has 1 heterocycles. The van der Waals surface area contributed by atoms with Crippen molar-refractivity contribution in [1.29, 1.82) is 0 Å². The first-order valence-corrected chi connectivity index (χ1v) is 10.2. The van der Waals surface area contributed by atoms with Gasteiger partial charge in [-0.2, -0.15) is 0 Å². The van der Waals surface area contributed by atoms with Crippen molar-refractivity contribution in [2.75, 3.05) is 37.0 Å². The van der Waals surface area contributed by atoms with Gasteiger partial charge in [-0.1, -0.05) is 6.07 Å². The summed E-state index contributed by atoms with van der Waals surface area (Å²) in [4.78, 5) is 38.8. The van der Waals surface area contributed by atoms with E-state index in [0.29, 0.717) is 23.7 Å². The highest BCUT2D eigenvalue weighted by atomic mass is 16.5. The minimum atomic E-state index is -0.531. The van der Waals surface area contributed by atoms with E-state index < -0.39 is 5.92 Å². The Morgan fingerprint density at radius 1 is 1.16 bits per heavy atom. The molecule has 1 fully saturated rings. The van der Waals surface area contributed by atoms with E-state index >= 15 is 0 Å². The number of aryl methyl sites for hydroxylation is 1. The van der Waals surface area contributed by atoms with Gasteiger partial charge in [-0.05, 0) is 55.8 Å². The van der Waals surface area contributed by atoms with Crippen molar-refractivity contribution in [3.63, 3.8) is 0 Å². The Morgan fingerprint density at radius 2 is 1.90 bits per heavy atom. The topological polar surface area (TPSA) is 97.0 Å². The average molecular weight is 425 g/mol. The van der Waals surface area contributed by atoms with Crippen LogP contribution in [-0.2, 0) is 14.4 Å². The molecule has 0 saturated carbocycles. The molecule has 3 amide bonds. The highest BCUT2D eigenvalue weighted by molar-refractivity contribution is 6.02. The maximum absolute atomic E-state index is 12.5. The number of carbonyl (C=O) groups is 3. The van der Waals surface area contributed by atoms with Gasteiger partial charge >= 0.3 is 0 Å². The fraction of sp³-hybridized carbons (Fsp3) is 0.348. The van der Waals surface area contributed by atoms with Gasteiger partial charge in [0.25, 0.3) is 0 Å². The summed E-state index contributed by atoms with van der Waals surface area (Å²) in [5.74, 6) is -0.0634. The van der Waals surface area contributed by atoms with Crippen LogP contribution >= 0.6 is 0 Å². The summed E-state index contributed by atoms with van der Waals surface area (Å²) < 4.78 is 10.7. The quantitative estimate of drug-likeness (QED) is 0.677. The predicted octanol–water partition coefficient (Wildman–Crippen LogP) is 2.51. The molecule has 0 bridgehead atoms. The van der Waals surface area contributed by atoms with Gasteiger partial charge in [0, 0.05) is 18.7 Å². The Labute approximate surface area is 181 Å². The fourth-order valence-corrected chi connectivity index (χ4v) is 3.45. The summed E-state index contributed by atoms with van der Waals surface area (Å²) in [7, 11) is 1.54. The number of methoxy groups -OCH3 is 1. The van der Waals surface area contributed by atoms with Crippen LogP contribution in [-0.4, -0.2) is 44.5 Å². The molecule has 8 heteroatoms. The van der Waals surface area contributed by atoms with E-state index in [-0.39, 0.29) is 37.2 Å². The molecule has 1 aliphatic heterocycles. The van der Waals surface area contributed by atoms with Gasteiger partial charge in [0.1, 0.15) is 11.5 Å². The van der Waals surface area contributed by atoms with Crippen molar-refractivity contribution in [2.45, 2.75) is 20.3 Å². The third-order valence-corrected chi connectivity index (χ3v) is 4.99. The first-order chi connectivity index (χ1) is 14.9. The van der Waals surface area contributed by atoms with Crippen LogP contribution in [0.1, 0.15) is 18.9 Å². The molecule has 1 aliphatic rings. The number of anilines is 2. The Balaban J connectivity index is 1.53. The molecule has 0 spiro atoms. The van der Waals surface area contributed by atoms with Crippen molar-refractivity contribution in [3.05, 3.63) is 48.0 Å².